The summed E-state index contributed by atoms with van der Waals surface area (Å²) in [7, 11) is -0.302. The lowest BCUT2D eigenvalue weighted by Crippen LogP contribution is -2.40. The molecule has 0 unspecified atom stereocenters. The molecule has 2 N–H and O–H groups in total. The highest BCUT2D eigenvalue weighted by molar-refractivity contribution is 7.89. The fourth-order valence-electron chi connectivity index (χ4n) is 2.27. The highest BCUT2D eigenvalue weighted by Gasteiger charge is 2.25. The van der Waals surface area contributed by atoms with E-state index in [9.17, 15) is 8.42 Å². The van der Waals surface area contributed by atoms with Gasteiger partial charge in [0.2, 0.25) is 10.0 Å². The molecule has 5 nitrogen and oxygen atoms in total. The van der Waals surface area contributed by atoms with Crippen molar-refractivity contribution >= 4 is 15.7 Å². The van der Waals surface area contributed by atoms with Crippen molar-refractivity contribution in [3.8, 4) is 0 Å². The number of anilines is 1. The lowest BCUT2D eigenvalue weighted by molar-refractivity contribution is 0.496. The minimum atomic E-state index is -3.41. The Labute approximate surface area is 115 Å². The van der Waals surface area contributed by atoms with Crippen molar-refractivity contribution < 1.29 is 8.42 Å². The van der Waals surface area contributed by atoms with E-state index in [1.54, 1.807) is 26.2 Å². The first-order chi connectivity index (χ1) is 8.93. The Balaban J connectivity index is 2.37. The predicted octanol–water partition coefficient (Wildman–Crippen LogP) is 0.864. The maximum Gasteiger partial charge on any atom is 0.244 e. The molecule has 106 valence electrons. The van der Waals surface area contributed by atoms with Gasteiger partial charge in [-0.05, 0) is 25.0 Å². The molecule has 1 aromatic rings. The van der Waals surface area contributed by atoms with Crippen molar-refractivity contribution in [3.63, 3.8) is 0 Å². The quantitative estimate of drug-likeness (QED) is 0.893. The second kappa shape index (κ2) is 5.48. The molecule has 1 fully saturated rings. The van der Waals surface area contributed by atoms with Crippen molar-refractivity contribution in [3.05, 3.63) is 24.3 Å². The molecular weight excluding hydrogens is 262 g/mol. The molecule has 2 rings (SSSR count). The second-order valence-electron chi connectivity index (χ2n) is 5.08. The van der Waals surface area contributed by atoms with Gasteiger partial charge in [-0.1, -0.05) is 12.1 Å². The van der Waals surface area contributed by atoms with Crippen LogP contribution in [0, 0.1) is 0 Å². The van der Waals surface area contributed by atoms with Crippen LogP contribution < -0.4 is 10.6 Å². The normalized spacial score (nSPS) is 18.0. The summed E-state index contributed by atoms with van der Waals surface area (Å²) >= 11 is 0. The number of rotatable bonds is 3. The van der Waals surface area contributed by atoms with Gasteiger partial charge in [0, 0.05) is 33.2 Å². The number of sulfonamides is 1. The zero-order valence-corrected chi connectivity index (χ0v) is 12.2. The van der Waals surface area contributed by atoms with E-state index in [2.05, 4.69) is 4.90 Å². The average Bonchev–Trinajstić information content (AvgIpc) is 2.39. The first kappa shape index (κ1) is 14.3. The molecule has 1 aromatic carbocycles. The molecule has 1 heterocycles. The van der Waals surface area contributed by atoms with Crippen molar-refractivity contribution in [1.82, 2.24) is 4.31 Å². The highest BCUT2D eigenvalue weighted by Crippen LogP contribution is 2.28. The Kier molecular flexibility index (Phi) is 4.13. The molecular formula is C13H21N3O2S. The molecule has 0 bridgehead atoms. The lowest BCUT2D eigenvalue weighted by atomic mass is 10.1. The third kappa shape index (κ3) is 2.91. The van der Waals surface area contributed by atoms with E-state index in [1.165, 1.54) is 4.31 Å². The molecule has 1 saturated heterocycles. The van der Waals surface area contributed by atoms with Gasteiger partial charge in [0.25, 0.3) is 0 Å². The summed E-state index contributed by atoms with van der Waals surface area (Å²) in [6, 6.07) is 7.40. The van der Waals surface area contributed by atoms with Gasteiger partial charge < -0.3 is 10.6 Å². The number of para-hydroxylation sites is 1. The van der Waals surface area contributed by atoms with Gasteiger partial charge >= 0.3 is 0 Å². The molecule has 0 amide bonds. The van der Waals surface area contributed by atoms with Gasteiger partial charge in [0.05, 0.1) is 5.69 Å². The number of nitrogens with zero attached hydrogens (tertiary/aromatic N) is 2. The van der Waals surface area contributed by atoms with E-state index in [0.717, 1.165) is 31.6 Å². The minimum absolute atomic E-state index is 0.230. The first-order valence-electron chi connectivity index (χ1n) is 6.45. The van der Waals surface area contributed by atoms with Gasteiger partial charge in [0.1, 0.15) is 4.90 Å². The van der Waals surface area contributed by atoms with E-state index in [4.69, 9.17) is 5.73 Å². The highest BCUT2D eigenvalue weighted by atomic mass is 32.2. The van der Waals surface area contributed by atoms with Gasteiger partial charge in [-0.2, -0.15) is 0 Å². The molecule has 0 aliphatic carbocycles. The monoisotopic (exact) mass is 283 g/mol. The van der Waals surface area contributed by atoms with Crippen LogP contribution in [0.2, 0.25) is 0 Å². The average molecular weight is 283 g/mol. The molecule has 0 saturated carbocycles. The summed E-state index contributed by atoms with van der Waals surface area (Å²) < 4.78 is 25.9. The van der Waals surface area contributed by atoms with E-state index in [0.29, 0.717) is 4.90 Å². The number of piperidine rings is 1. The summed E-state index contributed by atoms with van der Waals surface area (Å²) in [4.78, 5) is 2.48. The molecule has 6 heteroatoms. The van der Waals surface area contributed by atoms with Crippen molar-refractivity contribution in [2.24, 2.45) is 5.73 Å². The van der Waals surface area contributed by atoms with Gasteiger partial charge in [0.15, 0.2) is 0 Å². The fraction of sp³-hybridized carbons (Fsp3) is 0.538. The number of nitrogens with two attached hydrogens (primary N) is 1. The Morgan fingerprint density at radius 2 is 1.79 bits per heavy atom. The summed E-state index contributed by atoms with van der Waals surface area (Å²) in [5, 5.41) is 0. The van der Waals surface area contributed by atoms with Gasteiger partial charge in [-0.3, -0.25) is 0 Å². The molecule has 0 atom stereocenters. The van der Waals surface area contributed by atoms with E-state index >= 15 is 0 Å². The Morgan fingerprint density at radius 3 is 2.37 bits per heavy atom. The SMILES string of the molecule is CN(C)S(=O)(=O)c1ccccc1N1CCC(N)CC1. The summed E-state index contributed by atoms with van der Waals surface area (Å²) in [5.74, 6) is 0. The second-order valence-corrected chi connectivity index (χ2v) is 7.20. The van der Waals surface area contributed by atoms with Crippen LogP contribution in [-0.2, 0) is 10.0 Å². The molecule has 1 aliphatic rings. The van der Waals surface area contributed by atoms with E-state index in [1.807, 2.05) is 12.1 Å². The van der Waals surface area contributed by atoms with E-state index < -0.39 is 10.0 Å². The van der Waals surface area contributed by atoms with Crippen LogP contribution in [0.4, 0.5) is 5.69 Å². The van der Waals surface area contributed by atoms with Crippen LogP contribution in [0.15, 0.2) is 29.2 Å². The largest absolute Gasteiger partial charge is 0.370 e. The van der Waals surface area contributed by atoms with Gasteiger partial charge in [-0.15, -0.1) is 0 Å². The molecule has 0 spiro atoms. The van der Waals surface area contributed by atoms with Crippen LogP contribution in [-0.4, -0.2) is 45.9 Å². The smallest absolute Gasteiger partial charge is 0.244 e. The zero-order chi connectivity index (χ0) is 14.0. The van der Waals surface area contributed by atoms with Gasteiger partial charge in [-0.25, -0.2) is 12.7 Å². The number of hydrogen-bond donors (Lipinski definition) is 1. The lowest BCUT2D eigenvalue weighted by Gasteiger charge is -2.33. The first-order valence-corrected chi connectivity index (χ1v) is 7.89. The van der Waals surface area contributed by atoms with Crippen LogP contribution >= 0.6 is 0 Å². The standard InChI is InChI=1S/C13H21N3O2S/c1-15(2)19(17,18)13-6-4-3-5-12(13)16-9-7-11(14)8-10-16/h3-6,11H,7-10,14H2,1-2H3. The summed E-state index contributed by atoms with van der Waals surface area (Å²) in [6.07, 6.45) is 1.80. The molecule has 19 heavy (non-hydrogen) atoms. The topological polar surface area (TPSA) is 66.6 Å². The molecule has 0 aromatic heterocycles. The number of hydrogen-bond acceptors (Lipinski definition) is 4. The Hall–Kier alpha value is -1.11. The zero-order valence-electron chi connectivity index (χ0n) is 11.4. The Bertz CT molecular complexity index is 535. The third-order valence-corrected chi connectivity index (χ3v) is 5.37. The summed E-state index contributed by atoms with van der Waals surface area (Å²) in [5.41, 5.74) is 6.67. The third-order valence-electron chi connectivity index (χ3n) is 3.50. The van der Waals surface area contributed by atoms with Crippen molar-refractivity contribution in [2.75, 3.05) is 32.1 Å². The maximum atomic E-state index is 12.3. The minimum Gasteiger partial charge on any atom is -0.370 e. The van der Waals surface area contributed by atoms with Crippen LogP contribution in [0.3, 0.4) is 0 Å². The van der Waals surface area contributed by atoms with Crippen LogP contribution in [0.25, 0.3) is 0 Å². The predicted molar refractivity (Wildman–Crippen MR) is 76.7 cm³/mol. The number of benzene rings is 1. The van der Waals surface area contributed by atoms with E-state index in [-0.39, 0.29) is 6.04 Å². The van der Waals surface area contributed by atoms with Crippen LogP contribution in [0.1, 0.15) is 12.8 Å². The van der Waals surface area contributed by atoms with Crippen molar-refractivity contribution in [2.45, 2.75) is 23.8 Å². The van der Waals surface area contributed by atoms with Crippen LogP contribution in [0.5, 0.6) is 0 Å². The Morgan fingerprint density at radius 1 is 1.21 bits per heavy atom. The maximum absolute atomic E-state index is 12.3. The summed E-state index contributed by atoms with van der Waals surface area (Å²) in [6.45, 7) is 1.61. The fourth-order valence-corrected chi connectivity index (χ4v) is 3.38. The molecule has 1 aliphatic heterocycles. The molecule has 0 radical (unpaired) electrons. The van der Waals surface area contributed by atoms with Crippen molar-refractivity contribution in [1.29, 1.82) is 0 Å².